The molecule has 1 aliphatic heterocycles. The van der Waals surface area contributed by atoms with Crippen molar-refractivity contribution < 1.29 is 0 Å². The molecule has 2 atom stereocenters. The fraction of sp³-hybridized carbons (Fsp3) is 0.625. The van der Waals surface area contributed by atoms with Crippen molar-refractivity contribution in [2.24, 2.45) is 5.73 Å². The van der Waals surface area contributed by atoms with E-state index in [9.17, 15) is 0 Å². The van der Waals surface area contributed by atoms with Crippen LogP contribution in [0.4, 0.5) is 0 Å². The van der Waals surface area contributed by atoms with Gasteiger partial charge in [-0.3, -0.25) is 4.90 Å². The van der Waals surface area contributed by atoms with Crippen molar-refractivity contribution in [3.63, 3.8) is 0 Å². The maximum atomic E-state index is 6.36. The van der Waals surface area contributed by atoms with E-state index in [1.54, 1.807) is 0 Å². The first-order valence-electron chi connectivity index (χ1n) is 7.50. The number of nitrogens with two attached hydrogens (primary N) is 1. The lowest BCUT2D eigenvalue weighted by Gasteiger charge is -2.29. The van der Waals surface area contributed by atoms with Crippen molar-refractivity contribution >= 4 is 15.9 Å². The minimum atomic E-state index is 0.110. The summed E-state index contributed by atoms with van der Waals surface area (Å²) in [7, 11) is 2.22. The molecule has 0 amide bonds. The van der Waals surface area contributed by atoms with Gasteiger partial charge in [0.15, 0.2) is 0 Å². The summed E-state index contributed by atoms with van der Waals surface area (Å²) in [4.78, 5) is 5.01. The van der Waals surface area contributed by atoms with Crippen LogP contribution in [0.5, 0.6) is 0 Å². The summed E-state index contributed by atoms with van der Waals surface area (Å²) in [5.41, 5.74) is 7.57. The topological polar surface area (TPSA) is 32.5 Å². The van der Waals surface area contributed by atoms with Gasteiger partial charge in [-0.1, -0.05) is 34.1 Å². The van der Waals surface area contributed by atoms with E-state index in [0.717, 1.165) is 24.0 Å². The molecule has 2 unspecified atom stereocenters. The van der Waals surface area contributed by atoms with Gasteiger partial charge in [0.1, 0.15) is 0 Å². The van der Waals surface area contributed by atoms with Gasteiger partial charge in [-0.2, -0.15) is 0 Å². The molecule has 1 aromatic carbocycles. The molecule has 1 fully saturated rings. The van der Waals surface area contributed by atoms with Gasteiger partial charge in [0.05, 0.1) is 0 Å². The Morgan fingerprint density at radius 3 is 2.85 bits per heavy atom. The van der Waals surface area contributed by atoms with Crippen LogP contribution in [0.3, 0.4) is 0 Å². The zero-order valence-electron chi connectivity index (χ0n) is 12.6. The van der Waals surface area contributed by atoms with E-state index in [2.05, 4.69) is 57.9 Å². The minimum absolute atomic E-state index is 0.110. The highest BCUT2D eigenvalue weighted by atomic mass is 79.9. The molecule has 1 saturated heterocycles. The van der Waals surface area contributed by atoms with Crippen molar-refractivity contribution in [1.82, 2.24) is 9.80 Å². The van der Waals surface area contributed by atoms with Crippen molar-refractivity contribution in [2.75, 3.05) is 33.2 Å². The molecule has 1 aromatic rings. The largest absolute Gasteiger partial charge is 0.324 e. The van der Waals surface area contributed by atoms with Gasteiger partial charge < -0.3 is 10.6 Å². The van der Waals surface area contributed by atoms with Crippen LogP contribution in [0, 0.1) is 0 Å². The quantitative estimate of drug-likeness (QED) is 0.915. The highest BCUT2D eigenvalue weighted by Gasteiger charge is 2.20. The van der Waals surface area contributed by atoms with Gasteiger partial charge in [-0.15, -0.1) is 0 Å². The summed E-state index contributed by atoms with van der Waals surface area (Å²) in [6.07, 6.45) is 2.27. The van der Waals surface area contributed by atoms with Crippen LogP contribution in [-0.2, 0) is 0 Å². The van der Waals surface area contributed by atoms with Gasteiger partial charge in [0.2, 0.25) is 0 Å². The lowest BCUT2D eigenvalue weighted by atomic mass is 10.0. The van der Waals surface area contributed by atoms with Crippen LogP contribution in [0.15, 0.2) is 28.7 Å². The molecule has 4 heteroatoms. The van der Waals surface area contributed by atoms with E-state index >= 15 is 0 Å². The summed E-state index contributed by atoms with van der Waals surface area (Å²) in [5.74, 6) is 0. The van der Waals surface area contributed by atoms with E-state index < -0.39 is 0 Å². The van der Waals surface area contributed by atoms with Gasteiger partial charge in [0.25, 0.3) is 0 Å². The first kappa shape index (κ1) is 16.0. The predicted octanol–water partition coefficient (Wildman–Crippen LogP) is 2.87. The van der Waals surface area contributed by atoms with Crippen molar-refractivity contribution in [3.05, 3.63) is 34.3 Å². The molecule has 0 bridgehead atoms. The average molecular weight is 340 g/mol. The second kappa shape index (κ2) is 7.55. The van der Waals surface area contributed by atoms with Gasteiger partial charge in [0, 0.05) is 29.6 Å². The van der Waals surface area contributed by atoms with Crippen LogP contribution in [0.2, 0.25) is 0 Å². The Morgan fingerprint density at radius 1 is 1.35 bits per heavy atom. The van der Waals surface area contributed by atoms with E-state index in [1.807, 2.05) is 6.07 Å². The lowest BCUT2D eigenvalue weighted by molar-refractivity contribution is 0.196. The fourth-order valence-corrected chi connectivity index (χ4v) is 3.57. The van der Waals surface area contributed by atoms with Gasteiger partial charge in [-0.25, -0.2) is 0 Å². The fourth-order valence-electron chi connectivity index (χ4n) is 2.99. The summed E-state index contributed by atoms with van der Waals surface area (Å²) >= 11 is 3.59. The minimum Gasteiger partial charge on any atom is -0.324 e. The van der Waals surface area contributed by atoms with Gasteiger partial charge in [-0.05, 0) is 51.5 Å². The summed E-state index contributed by atoms with van der Waals surface area (Å²) in [6.45, 7) is 6.96. The molecule has 112 valence electrons. The molecular formula is C16H26BrN3. The second-order valence-electron chi connectivity index (χ2n) is 5.92. The number of likely N-dealkylation sites (N-methyl/N-ethyl adjacent to an activating group) is 1. The molecule has 2 N–H and O–H groups in total. The normalized spacial score (nSPS) is 23.5. The number of hydrogen-bond donors (Lipinski definition) is 1. The molecule has 3 nitrogen and oxygen atoms in total. The molecular weight excluding hydrogens is 314 g/mol. The zero-order chi connectivity index (χ0) is 14.5. The SMILES string of the molecule is CC1CN(C)CCCN1CCC(N)c1ccccc1Br. The number of nitrogens with zero attached hydrogens (tertiary/aromatic N) is 2. The number of hydrogen-bond acceptors (Lipinski definition) is 3. The van der Waals surface area contributed by atoms with E-state index in [4.69, 9.17) is 5.73 Å². The second-order valence-corrected chi connectivity index (χ2v) is 6.77. The first-order chi connectivity index (χ1) is 9.58. The van der Waals surface area contributed by atoms with Crippen LogP contribution >= 0.6 is 15.9 Å². The predicted molar refractivity (Wildman–Crippen MR) is 88.8 cm³/mol. The summed E-state index contributed by atoms with van der Waals surface area (Å²) in [6, 6.07) is 9.01. The highest BCUT2D eigenvalue weighted by Crippen LogP contribution is 2.24. The van der Waals surface area contributed by atoms with Crippen LogP contribution in [0.1, 0.15) is 31.4 Å². The third-order valence-corrected chi connectivity index (χ3v) is 4.94. The molecule has 0 spiro atoms. The van der Waals surface area contributed by atoms with E-state index in [-0.39, 0.29) is 6.04 Å². The number of halogens is 1. The van der Waals surface area contributed by atoms with Crippen LogP contribution in [0.25, 0.3) is 0 Å². The maximum Gasteiger partial charge on any atom is 0.0318 e. The lowest BCUT2D eigenvalue weighted by Crippen LogP contribution is -2.39. The zero-order valence-corrected chi connectivity index (χ0v) is 14.1. The molecule has 0 saturated carbocycles. The van der Waals surface area contributed by atoms with Crippen LogP contribution < -0.4 is 5.73 Å². The third-order valence-electron chi connectivity index (χ3n) is 4.22. The Balaban J connectivity index is 1.89. The highest BCUT2D eigenvalue weighted by molar-refractivity contribution is 9.10. The average Bonchev–Trinajstić information content (AvgIpc) is 2.57. The molecule has 0 radical (unpaired) electrons. The van der Waals surface area contributed by atoms with Gasteiger partial charge >= 0.3 is 0 Å². The van der Waals surface area contributed by atoms with E-state index in [1.165, 1.54) is 25.1 Å². The summed E-state index contributed by atoms with van der Waals surface area (Å²) < 4.78 is 1.12. The summed E-state index contributed by atoms with van der Waals surface area (Å²) in [5, 5.41) is 0. The maximum absolute atomic E-state index is 6.36. The monoisotopic (exact) mass is 339 g/mol. The van der Waals surface area contributed by atoms with Crippen molar-refractivity contribution in [2.45, 2.75) is 31.8 Å². The Bertz CT molecular complexity index is 424. The molecule has 1 aliphatic rings. The Kier molecular flexibility index (Phi) is 6.02. The molecule has 0 aliphatic carbocycles. The number of rotatable bonds is 4. The van der Waals surface area contributed by atoms with Crippen molar-refractivity contribution in [3.8, 4) is 0 Å². The smallest absolute Gasteiger partial charge is 0.0318 e. The van der Waals surface area contributed by atoms with Crippen LogP contribution in [-0.4, -0.2) is 49.1 Å². The Labute approximate surface area is 131 Å². The first-order valence-corrected chi connectivity index (χ1v) is 8.30. The van der Waals surface area contributed by atoms with E-state index in [0.29, 0.717) is 6.04 Å². The Morgan fingerprint density at radius 2 is 2.10 bits per heavy atom. The molecule has 1 heterocycles. The third kappa shape index (κ3) is 4.29. The molecule has 0 aromatic heterocycles. The van der Waals surface area contributed by atoms with Crippen molar-refractivity contribution in [1.29, 1.82) is 0 Å². The molecule has 20 heavy (non-hydrogen) atoms. The Hall–Kier alpha value is -0.420. The standard InChI is InChI=1S/C16H26BrN3/c1-13-12-19(2)9-5-10-20(13)11-8-16(18)14-6-3-4-7-15(14)17/h3-4,6-7,13,16H,5,8-12,18H2,1-2H3. The number of benzene rings is 1. The molecule has 2 rings (SSSR count).